The number of benzene rings is 1. The summed E-state index contributed by atoms with van der Waals surface area (Å²) in [6.07, 6.45) is 1.46. The van der Waals surface area contributed by atoms with E-state index in [0.29, 0.717) is 18.5 Å². The van der Waals surface area contributed by atoms with Gasteiger partial charge in [0.15, 0.2) is 0 Å². The normalized spacial score (nSPS) is 18.3. The summed E-state index contributed by atoms with van der Waals surface area (Å²) in [6, 6.07) is 4.91. The Hall–Kier alpha value is -1.96. The Kier molecular flexibility index (Phi) is 4.61. The van der Waals surface area contributed by atoms with Gasteiger partial charge in [0.25, 0.3) is 0 Å². The highest BCUT2D eigenvalue weighted by molar-refractivity contribution is 7.13. The molecule has 0 radical (unpaired) electrons. The van der Waals surface area contributed by atoms with Gasteiger partial charge in [0.05, 0.1) is 16.1 Å². The molecule has 7 heteroatoms. The van der Waals surface area contributed by atoms with Crippen molar-refractivity contribution in [1.29, 1.82) is 0 Å². The highest BCUT2D eigenvalue weighted by Crippen LogP contribution is 2.31. The molecule has 0 saturated carbocycles. The average molecular weight is 333 g/mol. The first-order chi connectivity index (χ1) is 11.1. The van der Waals surface area contributed by atoms with Crippen LogP contribution in [0.2, 0.25) is 0 Å². The summed E-state index contributed by atoms with van der Waals surface area (Å²) < 4.78 is 0. The second-order valence-electron chi connectivity index (χ2n) is 5.65. The number of phenols is 1. The third kappa shape index (κ3) is 3.36. The summed E-state index contributed by atoms with van der Waals surface area (Å²) in [6.45, 7) is 2.68. The van der Waals surface area contributed by atoms with Crippen molar-refractivity contribution >= 4 is 17.2 Å². The highest BCUT2D eigenvalue weighted by atomic mass is 32.1. The van der Waals surface area contributed by atoms with Crippen molar-refractivity contribution in [3.63, 3.8) is 0 Å². The highest BCUT2D eigenvalue weighted by Gasteiger charge is 2.29. The predicted molar refractivity (Wildman–Crippen MR) is 87.3 cm³/mol. The molecule has 0 aliphatic carbocycles. The van der Waals surface area contributed by atoms with Crippen molar-refractivity contribution in [2.45, 2.75) is 32.4 Å². The first-order valence-corrected chi connectivity index (χ1v) is 8.40. The van der Waals surface area contributed by atoms with E-state index in [4.69, 9.17) is 0 Å². The van der Waals surface area contributed by atoms with Crippen LogP contribution in [0.5, 0.6) is 5.75 Å². The van der Waals surface area contributed by atoms with Crippen LogP contribution in [0.1, 0.15) is 24.1 Å². The number of hydrogen-bond acceptors (Lipinski definition) is 6. The number of thiazole rings is 1. The Morgan fingerprint density at radius 3 is 2.96 bits per heavy atom. The van der Waals surface area contributed by atoms with E-state index in [1.807, 2.05) is 13.0 Å². The lowest BCUT2D eigenvalue weighted by Gasteiger charge is -2.17. The molecule has 2 heterocycles. The number of rotatable bonds is 4. The Bertz CT molecular complexity index is 716. The van der Waals surface area contributed by atoms with Crippen molar-refractivity contribution in [3.05, 3.63) is 35.0 Å². The van der Waals surface area contributed by atoms with Crippen LogP contribution >= 0.6 is 11.3 Å². The number of carbonyl (C=O) groups is 1. The fourth-order valence-electron chi connectivity index (χ4n) is 2.75. The Morgan fingerprint density at radius 2 is 2.35 bits per heavy atom. The van der Waals surface area contributed by atoms with E-state index in [2.05, 4.69) is 10.3 Å². The van der Waals surface area contributed by atoms with Crippen LogP contribution in [0.3, 0.4) is 0 Å². The molecule has 122 valence electrons. The number of amides is 1. The number of nitrogens with one attached hydrogen (secondary N) is 1. The minimum atomic E-state index is -0.490. The third-order valence-electron chi connectivity index (χ3n) is 4.07. The summed E-state index contributed by atoms with van der Waals surface area (Å²) in [5.41, 5.74) is 4.26. The average Bonchev–Trinajstić information content (AvgIpc) is 3.14. The first-order valence-electron chi connectivity index (χ1n) is 7.52. The minimum absolute atomic E-state index is 0.142. The van der Waals surface area contributed by atoms with Gasteiger partial charge in [-0.1, -0.05) is 12.1 Å². The number of carbonyl (C=O) groups excluding carboxylic acids is 1. The second kappa shape index (κ2) is 6.66. The van der Waals surface area contributed by atoms with Gasteiger partial charge in [0.2, 0.25) is 5.91 Å². The smallest absolute Gasteiger partial charge is 0.240 e. The third-order valence-corrected chi connectivity index (χ3v) is 5.05. The first kappa shape index (κ1) is 15.9. The van der Waals surface area contributed by atoms with Crippen LogP contribution in [0, 0.1) is 6.92 Å². The SMILES string of the molecule is Cc1ncsc1-c1ccc(CNC(=O)C2CCCN2O)c(O)c1. The Balaban J connectivity index is 1.67. The molecule has 0 bridgehead atoms. The molecule has 1 unspecified atom stereocenters. The lowest BCUT2D eigenvalue weighted by atomic mass is 10.1. The maximum absolute atomic E-state index is 12.0. The van der Waals surface area contributed by atoms with E-state index in [9.17, 15) is 15.1 Å². The minimum Gasteiger partial charge on any atom is -0.508 e. The zero-order valence-corrected chi connectivity index (χ0v) is 13.6. The van der Waals surface area contributed by atoms with Gasteiger partial charge in [-0.25, -0.2) is 4.98 Å². The molecule has 23 heavy (non-hydrogen) atoms. The molecule has 1 fully saturated rings. The zero-order valence-electron chi connectivity index (χ0n) is 12.8. The number of hydroxylamine groups is 2. The van der Waals surface area contributed by atoms with Crippen LogP contribution in [0.25, 0.3) is 10.4 Å². The van der Waals surface area contributed by atoms with Crippen LogP contribution in [-0.4, -0.2) is 38.9 Å². The summed E-state index contributed by atoms with van der Waals surface area (Å²) in [7, 11) is 0. The predicted octanol–water partition coefficient (Wildman–Crippen LogP) is 2.29. The lowest BCUT2D eigenvalue weighted by molar-refractivity contribution is -0.145. The van der Waals surface area contributed by atoms with Crippen LogP contribution in [-0.2, 0) is 11.3 Å². The van der Waals surface area contributed by atoms with Gasteiger partial charge in [-0.05, 0) is 31.4 Å². The van der Waals surface area contributed by atoms with Gasteiger partial charge in [-0.15, -0.1) is 11.3 Å². The molecule has 1 aliphatic rings. The van der Waals surface area contributed by atoms with Gasteiger partial charge in [0, 0.05) is 18.7 Å². The summed E-state index contributed by atoms with van der Waals surface area (Å²) in [5, 5.41) is 23.6. The van der Waals surface area contributed by atoms with Crippen LogP contribution < -0.4 is 5.32 Å². The van der Waals surface area contributed by atoms with Crippen molar-refractivity contribution in [1.82, 2.24) is 15.4 Å². The number of aryl methyl sites for hydroxylation is 1. The van der Waals surface area contributed by atoms with Gasteiger partial charge >= 0.3 is 0 Å². The largest absolute Gasteiger partial charge is 0.508 e. The standard InChI is InChI=1S/C16H19N3O3S/c1-10-15(23-9-18-10)11-4-5-12(14(20)7-11)8-17-16(21)13-3-2-6-19(13)22/h4-5,7,9,13,20,22H,2-3,6,8H2,1H3,(H,17,21). The molecule has 1 saturated heterocycles. The number of phenolic OH excluding ortho intramolecular Hbond substituents is 1. The van der Waals surface area contributed by atoms with E-state index < -0.39 is 6.04 Å². The van der Waals surface area contributed by atoms with Crippen molar-refractivity contribution < 1.29 is 15.1 Å². The summed E-state index contributed by atoms with van der Waals surface area (Å²) >= 11 is 1.53. The Morgan fingerprint density at radius 1 is 1.52 bits per heavy atom. The van der Waals surface area contributed by atoms with Crippen molar-refractivity contribution in [2.75, 3.05) is 6.54 Å². The maximum Gasteiger partial charge on any atom is 0.240 e. The van der Waals surface area contributed by atoms with Gasteiger partial charge in [-0.3, -0.25) is 4.79 Å². The van der Waals surface area contributed by atoms with E-state index in [1.54, 1.807) is 17.6 Å². The molecular formula is C16H19N3O3S. The van der Waals surface area contributed by atoms with Crippen LogP contribution in [0.15, 0.2) is 23.7 Å². The summed E-state index contributed by atoms with van der Waals surface area (Å²) in [4.78, 5) is 17.3. The zero-order chi connectivity index (χ0) is 16.4. The Labute approximate surface area is 138 Å². The van der Waals surface area contributed by atoms with Crippen molar-refractivity contribution in [2.24, 2.45) is 0 Å². The van der Waals surface area contributed by atoms with Crippen molar-refractivity contribution in [3.8, 4) is 16.2 Å². The van der Waals surface area contributed by atoms with E-state index in [-0.39, 0.29) is 18.2 Å². The number of hydrogen-bond donors (Lipinski definition) is 3. The van der Waals surface area contributed by atoms with Gasteiger partial charge in [0.1, 0.15) is 11.8 Å². The van der Waals surface area contributed by atoms with Crippen LogP contribution in [0.4, 0.5) is 0 Å². The molecule has 1 atom stereocenters. The molecule has 1 aromatic heterocycles. The van der Waals surface area contributed by atoms with E-state index in [1.165, 1.54) is 11.3 Å². The lowest BCUT2D eigenvalue weighted by Crippen LogP contribution is -2.41. The maximum atomic E-state index is 12.0. The fourth-order valence-corrected chi connectivity index (χ4v) is 3.55. The molecule has 3 N–H and O–H groups in total. The molecule has 1 aromatic carbocycles. The molecule has 6 nitrogen and oxygen atoms in total. The number of aromatic hydroxyl groups is 1. The van der Waals surface area contributed by atoms with E-state index >= 15 is 0 Å². The molecule has 1 aliphatic heterocycles. The molecular weight excluding hydrogens is 314 g/mol. The number of nitrogens with zero attached hydrogens (tertiary/aromatic N) is 2. The summed E-state index contributed by atoms with van der Waals surface area (Å²) in [5.74, 6) is -0.0744. The van der Waals surface area contributed by atoms with E-state index in [0.717, 1.165) is 27.6 Å². The fraction of sp³-hybridized carbons (Fsp3) is 0.375. The van der Waals surface area contributed by atoms with Gasteiger partial charge < -0.3 is 15.6 Å². The molecule has 3 rings (SSSR count). The number of aromatic nitrogens is 1. The van der Waals surface area contributed by atoms with Gasteiger partial charge in [-0.2, -0.15) is 5.06 Å². The topological polar surface area (TPSA) is 85.7 Å². The monoisotopic (exact) mass is 333 g/mol. The molecule has 0 spiro atoms. The second-order valence-corrected chi connectivity index (χ2v) is 6.50. The molecule has 2 aromatic rings. The quantitative estimate of drug-likeness (QED) is 0.799. The molecule has 1 amide bonds.